The molecular formula is C15H12BrF3N2O. The third-order valence-electron chi connectivity index (χ3n) is 2.90. The number of carbonyl (C=O) groups excluding carboxylic acids is 1. The SMILES string of the molecule is O=C(NCCc1ccc(Br)cc1)Nc1ccc(F)c(F)c1F. The summed E-state index contributed by atoms with van der Waals surface area (Å²) in [5, 5.41) is 4.65. The third-order valence-corrected chi connectivity index (χ3v) is 3.42. The van der Waals surface area contributed by atoms with E-state index in [9.17, 15) is 18.0 Å². The molecule has 0 radical (unpaired) electrons. The maximum Gasteiger partial charge on any atom is 0.319 e. The predicted octanol–water partition coefficient (Wildman–Crippen LogP) is 4.23. The molecule has 7 heteroatoms. The Morgan fingerprint density at radius 3 is 2.36 bits per heavy atom. The van der Waals surface area contributed by atoms with Gasteiger partial charge in [-0.05, 0) is 36.2 Å². The fourth-order valence-electron chi connectivity index (χ4n) is 1.76. The molecule has 2 aromatic rings. The Bertz CT molecular complexity index is 677. The molecule has 2 rings (SSSR count). The van der Waals surface area contributed by atoms with E-state index >= 15 is 0 Å². The minimum absolute atomic E-state index is 0.318. The van der Waals surface area contributed by atoms with Gasteiger partial charge in [0.25, 0.3) is 0 Å². The van der Waals surface area contributed by atoms with E-state index < -0.39 is 29.2 Å². The molecule has 0 aliphatic carbocycles. The molecule has 0 atom stereocenters. The van der Waals surface area contributed by atoms with Crippen LogP contribution >= 0.6 is 15.9 Å². The second-order valence-corrected chi connectivity index (χ2v) is 5.40. The van der Waals surface area contributed by atoms with Crippen molar-refractivity contribution in [3.8, 4) is 0 Å². The minimum atomic E-state index is -1.62. The lowest BCUT2D eigenvalue weighted by molar-refractivity contribution is 0.252. The number of carbonyl (C=O) groups is 1. The number of halogens is 4. The van der Waals surface area contributed by atoms with Crippen LogP contribution in [0.25, 0.3) is 0 Å². The van der Waals surface area contributed by atoms with Crippen molar-refractivity contribution in [1.82, 2.24) is 5.32 Å². The van der Waals surface area contributed by atoms with Crippen LogP contribution in [0.2, 0.25) is 0 Å². The van der Waals surface area contributed by atoms with E-state index in [0.717, 1.165) is 22.2 Å². The summed E-state index contributed by atoms with van der Waals surface area (Å²) in [7, 11) is 0. The molecule has 116 valence electrons. The number of benzene rings is 2. The largest absolute Gasteiger partial charge is 0.338 e. The van der Waals surface area contributed by atoms with E-state index in [-0.39, 0.29) is 0 Å². The van der Waals surface area contributed by atoms with E-state index in [1.165, 1.54) is 0 Å². The first-order chi connectivity index (χ1) is 10.5. The van der Waals surface area contributed by atoms with Crippen LogP contribution in [0.15, 0.2) is 40.9 Å². The zero-order valence-corrected chi connectivity index (χ0v) is 12.9. The van der Waals surface area contributed by atoms with Crippen molar-refractivity contribution >= 4 is 27.6 Å². The number of anilines is 1. The number of hydrogen-bond donors (Lipinski definition) is 2. The molecule has 0 aromatic heterocycles. The van der Waals surface area contributed by atoms with Gasteiger partial charge in [0, 0.05) is 11.0 Å². The summed E-state index contributed by atoms with van der Waals surface area (Å²) < 4.78 is 40.1. The van der Waals surface area contributed by atoms with Gasteiger partial charge in [0.15, 0.2) is 17.5 Å². The Balaban J connectivity index is 1.86. The van der Waals surface area contributed by atoms with Crippen molar-refractivity contribution in [2.45, 2.75) is 6.42 Å². The summed E-state index contributed by atoms with van der Waals surface area (Å²) in [6, 6.07) is 8.58. The first kappa shape index (κ1) is 16.4. The molecule has 0 bridgehead atoms. The molecule has 0 saturated carbocycles. The first-order valence-corrected chi connectivity index (χ1v) is 7.19. The van der Waals surface area contributed by atoms with E-state index in [4.69, 9.17) is 0 Å². The maximum atomic E-state index is 13.4. The summed E-state index contributed by atoms with van der Waals surface area (Å²) in [4.78, 5) is 11.6. The van der Waals surface area contributed by atoms with Crippen molar-refractivity contribution in [2.75, 3.05) is 11.9 Å². The third kappa shape index (κ3) is 4.24. The summed E-state index contributed by atoms with van der Waals surface area (Å²) in [6.45, 7) is 0.318. The van der Waals surface area contributed by atoms with Crippen LogP contribution < -0.4 is 10.6 Å². The highest BCUT2D eigenvalue weighted by atomic mass is 79.9. The molecular weight excluding hydrogens is 361 g/mol. The van der Waals surface area contributed by atoms with Crippen molar-refractivity contribution in [2.24, 2.45) is 0 Å². The number of rotatable bonds is 4. The van der Waals surface area contributed by atoms with Crippen molar-refractivity contribution in [3.63, 3.8) is 0 Å². The van der Waals surface area contributed by atoms with Gasteiger partial charge in [-0.25, -0.2) is 18.0 Å². The van der Waals surface area contributed by atoms with Crippen LogP contribution in [0.3, 0.4) is 0 Å². The van der Waals surface area contributed by atoms with Crippen LogP contribution in [0, 0.1) is 17.5 Å². The zero-order valence-electron chi connectivity index (χ0n) is 11.3. The summed E-state index contributed by atoms with van der Waals surface area (Å²) in [5.41, 5.74) is 0.600. The smallest absolute Gasteiger partial charge is 0.319 e. The second-order valence-electron chi connectivity index (χ2n) is 4.48. The summed E-state index contributed by atoms with van der Waals surface area (Å²) >= 11 is 3.32. The molecule has 0 heterocycles. The Labute approximate surface area is 133 Å². The molecule has 0 spiro atoms. The minimum Gasteiger partial charge on any atom is -0.338 e. The maximum absolute atomic E-state index is 13.4. The highest BCUT2D eigenvalue weighted by Gasteiger charge is 2.14. The molecule has 0 fully saturated rings. The molecule has 0 aliphatic heterocycles. The highest BCUT2D eigenvalue weighted by molar-refractivity contribution is 9.10. The molecule has 2 aromatic carbocycles. The fourth-order valence-corrected chi connectivity index (χ4v) is 2.02. The Morgan fingerprint density at radius 2 is 1.68 bits per heavy atom. The average molecular weight is 373 g/mol. The van der Waals surface area contributed by atoms with Gasteiger partial charge in [0.2, 0.25) is 0 Å². The normalized spacial score (nSPS) is 10.4. The van der Waals surface area contributed by atoms with E-state index in [1.54, 1.807) is 0 Å². The number of hydrogen-bond acceptors (Lipinski definition) is 1. The number of amides is 2. The topological polar surface area (TPSA) is 41.1 Å². The quantitative estimate of drug-likeness (QED) is 0.774. The first-order valence-electron chi connectivity index (χ1n) is 6.40. The van der Waals surface area contributed by atoms with E-state index in [2.05, 4.69) is 26.6 Å². The Hall–Kier alpha value is -2.02. The number of urea groups is 1. The van der Waals surface area contributed by atoms with Crippen molar-refractivity contribution in [3.05, 3.63) is 63.9 Å². The van der Waals surface area contributed by atoms with E-state index in [1.807, 2.05) is 24.3 Å². The van der Waals surface area contributed by atoms with E-state index in [0.29, 0.717) is 13.0 Å². The average Bonchev–Trinajstić information content (AvgIpc) is 2.50. The lowest BCUT2D eigenvalue weighted by Crippen LogP contribution is -2.30. The Morgan fingerprint density at radius 1 is 1.00 bits per heavy atom. The van der Waals surface area contributed by atoms with Crippen LogP contribution in [0.4, 0.5) is 23.7 Å². The van der Waals surface area contributed by atoms with Crippen LogP contribution in [0.5, 0.6) is 0 Å². The highest BCUT2D eigenvalue weighted by Crippen LogP contribution is 2.19. The van der Waals surface area contributed by atoms with Gasteiger partial charge in [-0.15, -0.1) is 0 Å². The summed E-state index contributed by atoms with van der Waals surface area (Å²) in [5.74, 6) is -4.35. The van der Waals surface area contributed by atoms with Gasteiger partial charge in [0.1, 0.15) is 0 Å². The van der Waals surface area contributed by atoms with Gasteiger partial charge >= 0.3 is 6.03 Å². The molecule has 2 amide bonds. The second kappa shape index (κ2) is 7.31. The molecule has 22 heavy (non-hydrogen) atoms. The fraction of sp³-hybridized carbons (Fsp3) is 0.133. The van der Waals surface area contributed by atoms with Crippen LogP contribution in [0.1, 0.15) is 5.56 Å². The molecule has 0 aliphatic rings. The van der Waals surface area contributed by atoms with Gasteiger partial charge in [-0.2, -0.15) is 0 Å². The van der Waals surface area contributed by atoms with Gasteiger partial charge in [-0.1, -0.05) is 28.1 Å². The lowest BCUT2D eigenvalue weighted by Gasteiger charge is -2.09. The molecule has 2 N–H and O–H groups in total. The van der Waals surface area contributed by atoms with Crippen molar-refractivity contribution < 1.29 is 18.0 Å². The van der Waals surface area contributed by atoms with Gasteiger partial charge in [0.05, 0.1) is 5.69 Å². The van der Waals surface area contributed by atoms with Crippen LogP contribution in [-0.2, 0) is 6.42 Å². The number of nitrogens with one attached hydrogen (secondary N) is 2. The molecule has 0 unspecified atom stereocenters. The Kier molecular flexibility index (Phi) is 5.43. The lowest BCUT2D eigenvalue weighted by atomic mass is 10.1. The van der Waals surface area contributed by atoms with Crippen molar-refractivity contribution in [1.29, 1.82) is 0 Å². The predicted molar refractivity (Wildman–Crippen MR) is 81.2 cm³/mol. The zero-order chi connectivity index (χ0) is 16.1. The van der Waals surface area contributed by atoms with Gasteiger partial charge in [-0.3, -0.25) is 0 Å². The standard InChI is InChI=1S/C15H12BrF3N2O/c16-10-3-1-9(2-4-10)7-8-20-15(22)21-12-6-5-11(17)13(18)14(12)19/h1-6H,7-8H2,(H2,20,21,22). The monoisotopic (exact) mass is 372 g/mol. The van der Waals surface area contributed by atoms with Crippen LogP contribution in [-0.4, -0.2) is 12.6 Å². The molecule has 3 nitrogen and oxygen atoms in total. The summed E-state index contributed by atoms with van der Waals surface area (Å²) in [6.07, 6.45) is 0.584. The van der Waals surface area contributed by atoms with Gasteiger partial charge < -0.3 is 10.6 Å². The molecule has 0 saturated heterocycles.